The molecular weight excluding hydrogens is 354 g/mol. The molecule has 0 atom stereocenters. The van der Waals surface area contributed by atoms with Crippen molar-refractivity contribution in [1.82, 2.24) is 19.7 Å². The third kappa shape index (κ3) is 3.93. The summed E-state index contributed by atoms with van der Waals surface area (Å²) < 4.78 is 7.79. The van der Waals surface area contributed by atoms with Crippen LogP contribution in [0.1, 0.15) is 29.0 Å². The van der Waals surface area contributed by atoms with Gasteiger partial charge in [-0.25, -0.2) is 4.98 Å². The van der Waals surface area contributed by atoms with Crippen LogP contribution in [0, 0.1) is 0 Å². The molecule has 2 aliphatic rings. The molecule has 4 rings (SSSR count). The van der Waals surface area contributed by atoms with E-state index in [2.05, 4.69) is 28.3 Å². The van der Waals surface area contributed by atoms with Gasteiger partial charge in [-0.05, 0) is 30.5 Å². The van der Waals surface area contributed by atoms with Gasteiger partial charge in [-0.2, -0.15) is 0 Å². The van der Waals surface area contributed by atoms with E-state index >= 15 is 0 Å². The number of hydrogen-bond acceptors (Lipinski definition) is 5. The Hall–Kier alpha value is -3.09. The van der Waals surface area contributed by atoms with E-state index in [1.54, 1.807) is 6.07 Å². The molecule has 2 aromatic rings. The molecule has 1 aliphatic carbocycles. The van der Waals surface area contributed by atoms with Crippen molar-refractivity contribution in [2.24, 2.45) is 0 Å². The van der Waals surface area contributed by atoms with Gasteiger partial charge in [0.1, 0.15) is 18.1 Å². The molecule has 3 heterocycles. The van der Waals surface area contributed by atoms with E-state index in [9.17, 15) is 4.79 Å². The number of anilines is 1. The fourth-order valence-electron chi connectivity index (χ4n) is 3.38. The molecular formula is C21H25N5O2. The molecule has 0 N–H and O–H groups in total. The number of hydrogen-bond donors (Lipinski definition) is 0. The monoisotopic (exact) mass is 379 g/mol. The lowest BCUT2D eigenvalue weighted by molar-refractivity contribution is 0.0700. The number of fused-ring (bicyclic) bond motifs is 1. The molecule has 7 nitrogen and oxygen atoms in total. The molecule has 146 valence electrons. The highest BCUT2D eigenvalue weighted by Crippen LogP contribution is 2.21. The van der Waals surface area contributed by atoms with Crippen LogP contribution in [-0.4, -0.2) is 52.8 Å². The Morgan fingerprint density at radius 2 is 2.18 bits per heavy atom. The highest BCUT2D eigenvalue weighted by Gasteiger charge is 2.24. The summed E-state index contributed by atoms with van der Waals surface area (Å²) in [6, 6.07) is 7.46. The van der Waals surface area contributed by atoms with Crippen LogP contribution in [0.15, 0.2) is 48.1 Å². The van der Waals surface area contributed by atoms with Crippen LogP contribution in [0.25, 0.3) is 0 Å². The lowest BCUT2D eigenvalue weighted by atomic mass is 10.1. The Labute approximate surface area is 164 Å². The minimum Gasteiger partial charge on any atom is -0.472 e. The van der Waals surface area contributed by atoms with E-state index in [1.165, 1.54) is 5.57 Å². The molecule has 0 aromatic carbocycles. The number of carbonyl (C=O) groups is 1. The summed E-state index contributed by atoms with van der Waals surface area (Å²) in [5, 5.41) is 4.53. The summed E-state index contributed by atoms with van der Waals surface area (Å²) in [6.07, 6.45) is 8.44. The Morgan fingerprint density at radius 1 is 1.29 bits per heavy atom. The summed E-state index contributed by atoms with van der Waals surface area (Å²) in [5.41, 5.74) is 2.72. The summed E-state index contributed by atoms with van der Waals surface area (Å²) in [4.78, 5) is 21.1. The first kappa shape index (κ1) is 18.3. The van der Waals surface area contributed by atoms with Crippen LogP contribution in [0.4, 0.5) is 5.82 Å². The van der Waals surface area contributed by atoms with Gasteiger partial charge in [-0.1, -0.05) is 24.3 Å². The predicted octanol–water partition coefficient (Wildman–Crippen LogP) is 2.66. The third-order valence-electron chi connectivity index (χ3n) is 4.98. The minimum absolute atomic E-state index is 0.0576. The van der Waals surface area contributed by atoms with Gasteiger partial charge in [0.15, 0.2) is 0 Å². The fourth-order valence-corrected chi connectivity index (χ4v) is 3.38. The molecule has 7 heteroatoms. The van der Waals surface area contributed by atoms with Gasteiger partial charge in [0.05, 0.1) is 18.8 Å². The summed E-state index contributed by atoms with van der Waals surface area (Å²) in [6.45, 7) is 2.33. The number of nitrogens with zero attached hydrogens (tertiary/aromatic N) is 5. The lowest BCUT2D eigenvalue weighted by Gasteiger charge is -2.27. The maximum atomic E-state index is 12.9. The Bertz CT molecular complexity index is 929. The van der Waals surface area contributed by atoms with Gasteiger partial charge in [0.2, 0.25) is 5.88 Å². The molecule has 0 saturated carbocycles. The lowest BCUT2D eigenvalue weighted by Crippen LogP contribution is -2.38. The van der Waals surface area contributed by atoms with Crippen LogP contribution in [0.3, 0.4) is 0 Å². The van der Waals surface area contributed by atoms with Crippen LogP contribution < -0.4 is 9.64 Å². The van der Waals surface area contributed by atoms with Crippen LogP contribution in [0.2, 0.25) is 0 Å². The van der Waals surface area contributed by atoms with Crippen LogP contribution >= 0.6 is 0 Å². The van der Waals surface area contributed by atoms with Crippen molar-refractivity contribution in [1.29, 1.82) is 0 Å². The van der Waals surface area contributed by atoms with Crippen molar-refractivity contribution in [3.05, 3.63) is 59.5 Å². The van der Waals surface area contributed by atoms with Gasteiger partial charge in [-0.3, -0.25) is 9.48 Å². The SMILES string of the molecule is CN(C)c1cccc(C(=O)N2CCn3nc(OCC4=CC=CCC4)cc3C2)n1. The average molecular weight is 379 g/mol. The van der Waals surface area contributed by atoms with E-state index in [1.807, 2.05) is 46.8 Å². The minimum atomic E-state index is -0.0576. The Morgan fingerprint density at radius 3 is 2.96 bits per heavy atom. The summed E-state index contributed by atoms with van der Waals surface area (Å²) in [5.74, 6) is 1.33. The molecule has 0 spiro atoms. The number of ether oxygens (including phenoxy) is 1. The zero-order valence-electron chi connectivity index (χ0n) is 16.3. The number of rotatable bonds is 5. The second-order valence-electron chi connectivity index (χ2n) is 7.28. The highest BCUT2D eigenvalue weighted by molar-refractivity contribution is 5.92. The van der Waals surface area contributed by atoms with E-state index in [0.29, 0.717) is 37.8 Å². The Kier molecular flexibility index (Phi) is 5.14. The number of pyridine rings is 1. The van der Waals surface area contributed by atoms with Crippen molar-refractivity contribution in [2.75, 3.05) is 32.1 Å². The molecule has 1 amide bonds. The van der Waals surface area contributed by atoms with Gasteiger partial charge in [-0.15, -0.1) is 5.10 Å². The van der Waals surface area contributed by atoms with Gasteiger partial charge < -0.3 is 14.5 Å². The zero-order chi connectivity index (χ0) is 19.5. The molecule has 0 unspecified atom stereocenters. The van der Waals surface area contributed by atoms with E-state index in [0.717, 1.165) is 24.4 Å². The van der Waals surface area contributed by atoms with Gasteiger partial charge in [0, 0.05) is 26.7 Å². The van der Waals surface area contributed by atoms with Crippen molar-refractivity contribution in [2.45, 2.75) is 25.9 Å². The first-order valence-electron chi connectivity index (χ1n) is 9.58. The standard InChI is InChI=1S/C21H25N5O2/c1-24(2)19-10-6-9-18(22-19)21(27)25-11-12-26-17(14-25)13-20(23-26)28-15-16-7-4-3-5-8-16/h3-4,6-7,9-10,13H,5,8,11-12,14-15H2,1-2H3. The summed E-state index contributed by atoms with van der Waals surface area (Å²) >= 11 is 0. The van der Waals surface area contributed by atoms with Crippen molar-refractivity contribution >= 4 is 11.7 Å². The van der Waals surface area contributed by atoms with E-state index < -0.39 is 0 Å². The second-order valence-corrected chi connectivity index (χ2v) is 7.28. The molecule has 0 fully saturated rings. The number of carbonyl (C=O) groups excluding carboxylic acids is 1. The van der Waals surface area contributed by atoms with Crippen molar-refractivity contribution < 1.29 is 9.53 Å². The first-order chi connectivity index (χ1) is 13.6. The first-order valence-corrected chi connectivity index (χ1v) is 9.58. The zero-order valence-corrected chi connectivity index (χ0v) is 16.3. The molecule has 2 aromatic heterocycles. The largest absolute Gasteiger partial charge is 0.472 e. The van der Waals surface area contributed by atoms with E-state index in [-0.39, 0.29) is 5.91 Å². The van der Waals surface area contributed by atoms with Crippen LogP contribution in [-0.2, 0) is 13.1 Å². The van der Waals surface area contributed by atoms with Gasteiger partial charge >= 0.3 is 0 Å². The molecule has 0 bridgehead atoms. The summed E-state index contributed by atoms with van der Waals surface area (Å²) in [7, 11) is 3.83. The smallest absolute Gasteiger partial charge is 0.272 e. The normalized spacial score (nSPS) is 15.8. The Balaban J connectivity index is 1.42. The maximum absolute atomic E-state index is 12.9. The molecule has 0 radical (unpaired) electrons. The molecule has 1 aliphatic heterocycles. The third-order valence-corrected chi connectivity index (χ3v) is 4.98. The quantitative estimate of drug-likeness (QED) is 0.799. The van der Waals surface area contributed by atoms with Gasteiger partial charge in [0.25, 0.3) is 5.91 Å². The topological polar surface area (TPSA) is 63.5 Å². The van der Waals surface area contributed by atoms with Crippen LogP contribution in [0.5, 0.6) is 5.88 Å². The number of amides is 1. The predicted molar refractivity (Wildman–Crippen MR) is 107 cm³/mol. The van der Waals surface area contributed by atoms with E-state index in [4.69, 9.17) is 4.74 Å². The second kappa shape index (κ2) is 7.88. The van der Waals surface area contributed by atoms with Crippen molar-refractivity contribution in [3.63, 3.8) is 0 Å². The van der Waals surface area contributed by atoms with Crippen molar-refractivity contribution in [3.8, 4) is 5.88 Å². The average Bonchev–Trinajstić information content (AvgIpc) is 3.14. The molecule has 28 heavy (non-hydrogen) atoms. The highest BCUT2D eigenvalue weighted by atomic mass is 16.5. The molecule has 0 saturated heterocycles. The number of aromatic nitrogens is 3. The maximum Gasteiger partial charge on any atom is 0.272 e. The number of allylic oxidation sites excluding steroid dienone is 3. The fraction of sp³-hybridized carbons (Fsp3) is 0.381.